The van der Waals surface area contributed by atoms with E-state index in [9.17, 15) is 24.3 Å². The van der Waals surface area contributed by atoms with Crippen molar-refractivity contribution in [2.45, 2.75) is 65.1 Å². The second kappa shape index (κ2) is 14.2. The van der Waals surface area contributed by atoms with E-state index in [0.29, 0.717) is 25.0 Å². The molecule has 0 heterocycles. The molecular formula is C19H36N4O5S. The molecule has 0 bridgehead atoms. The number of carboxylic acids is 1. The molecular weight excluding hydrogens is 396 g/mol. The monoisotopic (exact) mass is 432 g/mol. The van der Waals surface area contributed by atoms with Crippen molar-refractivity contribution >= 4 is 35.5 Å². The fraction of sp³-hybridized carbons (Fsp3) is 0.789. The first-order valence-electron chi connectivity index (χ1n) is 9.89. The second-order valence-electron chi connectivity index (χ2n) is 7.51. The third-order valence-corrected chi connectivity index (χ3v) is 5.21. The number of rotatable bonds is 14. The standard InChI is InChI=1S/C19H36N4O5S/c1-6-12(4)16(19(27)28)23-18(26)14(9-11(2)3)22-17(25)13(7-8-29-5)21-15(24)10-20/h11-14,16H,6-10,20H2,1-5H3,(H,21,24)(H,22,25)(H,23,26)(H,27,28). The van der Waals surface area contributed by atoms with Crippen LogP contribution in [0.4, 0.5) is 0 Å². The molecule has 10 heteroatoms. The van der Waals surface area contributed by atoms with Crippen molar-refractivity contribution in [2.75, 3.05) is 18.6 Å². The Bertz CT molecular complexity index is 559. The number of thioether (sulfide) groups is 1. The predicted octanol–water partition coefficient (Wildman–Crippen LogP) is 0.329. The Kier molecular flexibility index (Phi) is 13.3. The molecule has 0 rings (SSSR count). The Hall–Kier alpha value is -1.81. The largest absolute Gasteiger partial charge is 0.480 e. The van der Waals surface area contributed by atoms with E-state index in [-0.39, 0.29) is 18.4 Å². The zero-order valence-corrected chi connectivity index (χ0v) is 18.8. The van der Waals surface area contributed by atoms with E-state index in [1.165, 1.54) is 11.8 Å². The minimum atomic E-state index is -1.12. The topological polar surface area (TPSA) is 151 Å². The third-order valence-electron chi connectivity index (χ3n) is 4.56. The van der Waals surface area contributed by atoms with Crippen LogP contribution in [0.25, 0.3) is 0 Å². The van der Waals surface area contributed by atoms with E-state index in [2.05, 4.69) is 16.0 Å². The average molecular weight is 433 g/mol. The minimum Gasteiger partial charge on any atom is -0.480 e. The predicted molar refractivity (Wildman–Crippen MR) is 114 cm³/mol. The van der Waals surface area contributed by atoms with Crippen LogP contribution >= 0.6 is 11.8 Å². The van der Waals surface area contributed by atoms with Gasteiger partial charge in [-0.1, -0.05) is 34.1 Å². The van der Waals surface area contributed by atoms with Crippen LogP contribution in [0.5, 0.6) is 0 Å². The number of nitrogens with two attached hydrogens (primary N) is 1. The first-order chi connectivity index (χ1) is 13.6. The highest BCUT2D eigenvalue weighted by Gasteiger charge is 2.31. The van der Waals surface area contributed by atoms with E-state index in [4.69, 9.17) is 5.73 Å². The quantitative estimate of drug-likeness (QED) is 0.265. The highest BCUT2D eigenvalue weighted by molar-refractivity contribution is 7.98. The Balaban J connectivity index is 5.36. The average Bonchev–Trinajstić information content (AvgIpc) is 2.66. The number of carbonyl (C=O) groups is 4. The molecule has 0 aromatic heterocycles. The Morgan fingerprint density at radius 1 is 1.00 bits per heavy atom. The molecule has 0 aromatic rings. The van der Waals surface area contributed by atoms with Crippen LogP contribution in [-0.4, -0.2) is 65.5 Å². The summed E-state index contributed by atoms with van der Waals surface area (Å²) in [6.45, 7) is 7.15. The van der Waals surface area contributed by atoms with Gasteiger partial charge in [0.05, 0.1) is 6.54 Å². The smallest absolute Gasteiger partial charge is 0.326 e. The summed E-state index contributed by atoms with van der Waals surface area (Å²) in [5, 5.41) is 17.2. The highest BCUT2D eigenvalue weighted by atomic mass is 32.2. The van der Waals surface area contributed by atoms with Gasteiger partial charge in [0.2, 0.25) is 17.7 Å². The lowest BCUT2D eigenvalue weighted by Crippen LogP contribution is -2.57. The van der Waals surface area contributed by atoms with Crippen LogP contribution in [0, 0.1) is 11.8 Å². The second-order valence-corrected chi connectivity index (χ2v) is 8.49. The van der Waals surface area contributed by atoms with Gasteiger partial charge in [0.15, 0.2) is 0 Å². The Morgan fingerprint density at radius 2 is 1.59 bits per heavy atom. The van der Waals surface area contributed by atoms with E-state index < -0.39 is 41.8 Å². The SMILES string of the molecule is CCC(C)C(NC(=O)C(CC(C)C)NC(=O)C(CCSC)NC(=O)CN)C(=O)O. The maximum Gasteiger partial charge on any atom is 0.326 e. The van der Waals surface area contributed by atoms with Gasteiger partial charge in [-0.25, -0.2) is 4.79 Å². The molecule has 29 heavy (non-hydrogen) atoms. The molecule has 0 saturated carbocycles. The Morgan fingerprint density at radius 3 is 2.03 bits per heavy atom. The molecule has 6 N–H and O–H groups in total. The number of hydrogen-bond donors (Lipinski definition) is 5. The summed E-state index contributed by atoms with van der Waals surface area (Å²) in [4.78, 5) is 48.7. The summed E-state index contributed by atoms with van der Waals surface area (Å²) >= 11 is 1.53. The van der Waals surface area contributed by atoms with Gasteiger partial charge in [-0.15, -0.1) is 0 Å². The van der Waals surface area contributed by atoms with Gasteiger partial charge < -0.3 is 26.8 Å². The number of aliphatic carboxylic acids is 1. The Labute approximate surface area is 177 Å². The molecule has 0 aliphatic heterocycles. The third kappa shape index (κ3) is 10.5. The zero-order valence-electron chi connectivity index (χ0n) is 18.0. The van der Waals surface area contributed by atoms with Gasteiger partial charge in [0, 0.05) is 0 Å². The molecule has 0 aliphatic rings. The van der Waals surface area contributed by atoms with Crippen molar-refractivity contribution in [3.05, 3.63) is 0 Å². The van der Waals surface area contributed by atoms with E-state index in [1.54, 1.807) is 6.92 Å². The lowest BCUT2D eigenvalue weighted by Gasteiger charge is -2.27. The molecule has 3 amide bonds. The van der Waals surface area contributed by atoms with Crippen LogP contribution in [-0.2, 0) is 19.2 Å². The lowest BCUT2D eigenvalue weighted by molar-refractivity contribution is -0.144. The van der Waals surface area contributed by atoms with Crippen LogP contribution < -0.4 is 21.7 Å². The number of carboxylic acid groups (broad SMARTS) is 1. The molecule has 9 nitrogen and oxygen atoms in total. The van der Waals surface area contributed by atoms with Crippen LogP contribution in [0.2, 0.25) is 0 Å². The summed E-state index contributed by atoms with van der Waals surface area (Å²) in [5.74, 6) is -2.15. The van der Waals surface area contributed by atoms with E-state index in [1.807, 2.05) is 27.0 Å². The fourth-order valence-electron chi connectivity index (χ4n) is 2.67. The lowest BCUT2D eigenvalue weighted by atomic mass is 9.97. The number of amides is 3. The fourth-order valence-corrected chi connectivity index (χ4v) is 3.14. The molecule has 0 saturated heterocycles. The number of nitrogens with one attached hydrogen (secondary N) is 3. The summed E-state index contributed by atoms with van der Waals surface area (Å²) < 4.78 is 0. The first kappa shape index (κ1) is 27.2. The van der Waals surface area contributed by atoms with Crippen molar-refractivity contribution in [1.82, 2.24) is 16.0 Å². The molecule has 4 unspecified atom stereocenters. The molecule has 0 spiro atoms. The number of hydrogen-bond acceptors (Lipinski definition) is 6. The van der Waals surface area contributed by atoms with Gasteiger partial charge in [-0.3, -0.25) is 14.4 Å². The van der Waals surface area contributed by atoms with Crippen LogP contribution in [0.15, 0.2) is 0 Å². The van der Waals surface area contributed by atoms with Gasteiger partial charge in [-0.05, 0) is 36.7 Å². The van der Waals surface area contributed by atoms with Gasteiger partial charge in [0.1, 0.15) is 18.1 Å². The van der Waals surface area contributed by atoms with E-state index >= 15 is 0 Å². The normalized spacial score (nSPS) is 15.1. The first-order valence-corrected chi connectivity index (χ1v) is 11.3. The van der Waals surface area contributed by atoms with Gasteiger partial charge in [0.25, 0.3) is 0 Å². The summed E-state index contributed by atoms with van der Waals surface area (Å²) in [6, 6.07) is -2.76. The molecule has 0 aliphatic carbocycles. The molecule has 0 radical (unpaired) electrons. The molecule has 168 valence electrons. The zero-order chi connectivity index (χ0) is 22.6. The maximum absolute atomic E-state index is 12.8. The van der Waals surface area contributed by atoms with Crippen LogP contribution in [0.3, 0.4) is 0 Å². The van der Waals surface area contributed by atoms with Gasteiger partial charge >= 0.3 is 5.97 Å². The van der Waals surface area contributed by atoms with Crippen molar-refractivity contribution in [2.24, 2.45) is 17.6 Å². The number of carbonyl (C=O) groups excluding carboxylic acids is 3. The van der Waals surface area contributed by atoms with Crippen molar-refractivity contribution in [3.8, 4) is 0 Å². The van der Waals surface area contributed by atoms with Crippen LogP contribution in [0.1, 0.15) is 47.0 Å². The van der Waals surface area contributed by atoms with Crippen molar-refractivity contribution < 1.29 is 24.3 Å². The summed E-state index contributed by atoms with van der Waals surface area (Å²) in [7, 11) is 0. The van der Waals surface area contributed by atoms with Crippen molar-refractivity contribution in [3.63, 3.8) is 0 Å². The highest BCUT2D eigenvalue weighted by Crippen LogP contribution is 2.11. The maximum atomic E-state index is 12.8. The summed E-state index contributed by atoms with van der Waals surface area (Å²) in [5.41, 5.74) is 5.32. The summed E-state index contributed by atoms with van der Waals surface area (Å²) in [6.07, 6.45) is 3.19. The van der Waals surface area contributed by atoms with Gasteiger partial charge in [-0.2, -0.15) is 11.8 Å². The molecule has 4 atom stereocenters. The van der Waals surface area contributed by atoms with E-state index in [0.717, 1.165) is 0 Å². The molecule has 0 aromatic carbocycles. The molecule has 0 fully saturated rings. The minimum absolute atomic E-state index is 0.0845. The van der Waals surface area contributed by atoms with Crippen molar-refractivity contribution in [1.29, 1.82) is 0 Å².